The molecule has 1 aliphatic rings. The van der Waals surface area contributed by atoms with Crippen molar-refractivity contribution in [3.63, 3.8) is 0 Å². The number of amides is 1. The van der Waals surface area contributed by atoms with E-state index in [-0.39, 0.29) is 5.91 Å². The van der Waals surface area contributed by atoms with E-state index in [1.54, 1.807) is 7.11 Å². The molecule has 1 N–H and O–H groups in total. The maximum atomic E-state index is 11.6. The van der Waals surface area contributed by atoms with Gasteiger partial charge in [-0.1, -0.05) is 18.2 Å². The summed E-state index contributed by atoms with van der Waals surface area (Å²) in [6.45, 7) is 2.28. The van der Waals surface area contributed by atoms with E-state index in [1.807, 2.05) is 6.07 Å². The van der Waals surface area contributed by atoms with Crippen molar-refractivity contribution in [2.45, 2.75) is 25.3 Å². The molecule has 1 aromatic carbocycles. The molecule has 1 saturated heterocycles. The second-order valence-electron chi connectivity index (χ2n) is 4.87. The summed E-state index contributed by atoms with van der Waals surface area (Å²) >= 11 is 0. The number of nitrogens with zero attached hydrogens (tertiary/aromatic N) is 1. The molecule has 4 heteroatoms. The molecule has 0 bridgehead atoms. The van der Waals surface area contributed by atoms with Crippen molar-refractivity contribution in [3.8, 4) is 0 Å². The molecule has 1 heterocycles. The SMILES string of the molecule is COCCC(=O)NCC1CCCN1c1ccccc1. The van der Waals surface area contributed by atoms with E-state index in [1.165, 1.54) is 12.1 Å². The van der Waals surface area contributed by atoms with Gasteiger partial charge in [0.15, 0.2) is 0 Å². The Balaban J connectivity index is 1.84. The summed E-state index contributed by atoms with van der Waals surface area (Å²) < 4.78 is 4.90. The van der Waals surface area contributed by atoms with Crippen LogP contribution < -0.4 is 10.2 Å². The number of nitrogens with one attached hydrogen (secondary N) is 1. The maximum absolute atomic E-state index is 11.6. The van der Waals surface area contributed by atoms with Crippen molar-refractivity contribution in [2.24, 2.45) is 0 Å². The van der Waals surface area contributed by atoms with Crippen LogP contribution in [0.25, 0.3) is 0 Å². The third-order valence-corrected chi connectivity index (χ3v) is 3.53. The highest BCUT2D eigenvalue weighted by Gasteiger charge is 2.24. The average Bonchev–Trinajstić information content (AvgIpc) is 2.92. The van der Waals surface area contributed by atoms with Gasteiger partial charge in [-0.2, -0.15) is 0 Å². The Bertz CT molecular complexity index is 394. The van der Waals surface area contributed by atoms with E-state index in [0.29, 0.717) is 19.1 Å². The Morgan fingerprint density at radius 2 is 2.21 bits per heavy atom. The maximum Gasteiger partial charge on any atom is 0.222 e. The largest absolute Gasteiger partial charge is 0.384 e. The van der Waals surface area contributed by atoms with Gasteiger partial charge in [0.2, 0.25) is 5.91 Å². The average molecular weight is 262 g/mol. The zero-order valence-corrected chi connectivity index (χ0v) is 11.5. The zero-order valence-electron chi connectivity index (χ0n) is 11.5. The summed E-state index contributed by atoms with van der Waals surface area (Å²) in [6.07, 6.45) is 2.77. The summed E-state index contributed by atoms with van der Waals surface area (Å²) in [4.78, 5) is 14.0. The first-order valence-corrected chi connectivity index (χ1v) is 6.88. The minimum Gasteiger partial charge on any atom is -0.384 e. The summed E-state index contributed by atoms with van der Waals surface area (Å²) in [6, 6.07) is 10.8. The Labute approximate surface area is 114 Å². The predicted molar refractivity (Wildman–Crippen MR) is 76.3 cm³/mol. The molecule has 19 heavy (non-hydrogen) atoms. The standard InChI is InChI=1S/C15H22N2O2/c1-19-11-9-15(18)16-12-14-8-5-10-17(14)13-6-3-2-4-7-13/h2-4,6-7,14H,5,8-12H2,1H3,(H,16,18). The van der Waals surface area contributed by atoms with Gasteiger partial charge >= 0.3 is 0 Å². The summed E-state index contributed by atoms with van der Waals surface area (Å²) in [7, 11) is 1.61. The van der Waals surface area contributed by atoms with Crippen LogP contribution in [0.2, 0.25) is 0 Å². The highest BCUT2D eigenvalue weighted by molar-refractivity contribution is 5.76. The van der Waals surface area contributed by atoms with E-state index in [2.05, 4.69) is 34.5 Å². The van der Waals surface area contributed by atoms with Crippen molar-refractivity contribution in [1.82, 2.24) is 5.32 Å². The summed E-state index contributed by atoms with van der Waals surface area (Å²) in [5.74, 6) is 0.0711. The second kappa shape index (κ2) is 7.14. The molecule has 0 spiro atoms. The summed E-state index contributed by atoms with van der Waals surface area (Å²) in [5, 5.41) is 3.00. The lowest BCUT2D eigenvalue weighted by atomic mass is 10.2. The molecule has 4 nitrogen and oxygen atoms in total. The molecular formula is C15H22N2O2. The Morgan fingerprint density at radius 3 is 2.95 bits per heavy atom. The second-order valence-corrected chi connectivity index (χ2v) is 4.87. The number of carbonyl (C=O) groups is 1. The quantitative estimate of drug-likeness (QED) is 0.850. The van der Waals surface area contributed by atoms with Crippen LogP contribution in [-0.4, -0.2) is 38.8 Å². The normalized spacial score (nSPS) is 18.6. The van der Waals surface area contributed by atoms with Crippen LogP contribution in [0.15, 0.2) is 30.3 Å². The minimum absolute atomic E-state index is 0.0711. The molecular weight excluding hydrogens is 240 g/mol. The first-order chi connectivity index (χ1) is 9.31. The number of carbonyl (C=O) groups excluding carboxylic acids is 1. The van der Waals surface area contributed by atoms with E-state index in [9.17, 15) is 4.79 Å². The van der Waals surface area contributed by atoms with Gasteiger partial charge in [-0.3, -0.25) is 4.79 Å². The number of benzene rings is 1. The van der Waals surface area contributed by atoms with Crippen LogP contribution in [0.1, 0.15) is 19.3 Å². The third-order valence-electron chi connectivity index (χ3n) is 3.53. The fourth-order valence-electron chi connectivity index (χ4n) is 2.52. The zero-order chi connectivity index (χ0) is 13.5. The lowest BCUT2D eigenvalue weighted by Gasteiger charge is -2.27. The molecule has 1 amide bonds. The van der Waals surface area contributed by atoms with Crippen LogP contribution in [-0.2, 0) is 9.53 Å². The number of anilines is 1. The van der Waals surface area contributed by atoms with Gasteiger partial charge in [0.25, 0.3) is 0 Å². The molecule has 0 aliphatic carbocycles. The van der Waals surface area contributed by atoms with Gasteiger partial charge in [-0.25, -0.2) is 0 Å². The molecule has 1 fully saturated rings. The van der Waals surface area contributed by atoms with E-state index >= 15 is 0 Å². The molecule has 1 unspecified atom stereocenters. The first kappa shape index (κ1) is 13.9. The molecule has 0 aromatic heterocycles. The molecule has 0 saturated carbocycles. The Morgan fingerprint density at radius 1 is 1.42 bits per heavy atom. The van der Waals surface area contributed by atoms with Crippen LogP contribution in [0.3, 0.4) is 0 Å². The lowest BCUT2D eigenvalue weighted by molar-refractivity contribution is -0.122. The number of hydrogen-bond donors (Lipinski definition) is 1. The number of methoxy groups -OCH3 is 1. The van der Waals surface area contributed by atoms with Gasteiger partial charge in [0.05, 0.1) is 6.61 Å². The Kier molecular flexibility index (Phi) is 5.21. The van der Waals surface area contributed by atoms with Crippen LogP contribution in [0.5, 0.6) is 0 Å². The summed E-state index contributed by atoms with van der Waals surface area (Å²) in [5.41, 5.74) is 1.25. The Hall–Kier alpha value is -1.55. The molecule has 0 radical (unpaired) electrons. The van der Waals surface area contributed by atoms with Gasteiger partial charge in [0.1, 0.15) is 0 Å². The molecule has 104 valence electrons. The predicted octanol–water partition coefficient (Wildman–Crippen LogP) is 1.81. The lowest BCUT2D eigenvalue weighted by Crippen LogP contribution is -2.40. The number of ether oxygens (including phenoxy) is 1. The number of para-hydroxylation sites is 1. The van der Waals surface area contributed by atoms with Crippen LogP contribution in [0.4, 0.5) is 5.69 Å². The van der Waals surface area contributed by atoms with E-state index in [0.717, 1.165) is 19.5 Å². The molecule has 1 aliphatic heterocycles. The number of rotatable bonds is 6. The number of hydrogen-bond acceptors (Lipinski definition) is 3. The molecule has 1 aromatic rings. The highest BCUT2D eigenvalue weighted by atomic mass is 16.5. The van der Waals surface area contributed by atoms with Crippen molar-refractivity contribution in [1.29, 1.82) is 0 Å². The first-order valence-electron chi connectivity index (χ1n) is 6.88. The van der Waals surface area contributed by atoms with Crippen molar-refractivity contribution in [2.75, 3.05) is 31.7 Å². The van der Waals surface area contributed by atoms with Crippen LogP contribution in [0, 0.1) is 0 Å². The minimum atomic E-state index is 0.0711. The van der Waals surface area contributed by atoms with E-state index < -0.39 is 0 Å². The van der Waals surface area contributed by atoms with Gasteiger partial charge in [0, 0.05) is 38.3 Å². The van der Waals surface area contributed by atoms with Crippen molar-refractivity contribution >= 4 is 11.6 Å². The van der Waals surface area contributed by atoms with E-state index in [4.69, 9.17) is 4.74 Å². The smallest absolute Gasteiger partial charge is 0.222 e. The van der Waals surface area contributed by atoms with Crippen molar-refractivity contribution in [3.05, 3.63) is 30.3 Å². The van der Waals surface area contributed by atoms with Gasteiger partial charge in [-0.15, -0.1) is 0 Å². The highest BCUT2D eigenvalue weighted by Crippen LogP contribution is 2.24. The van der Waals surface area contributed by atoms with Gasteiger partial charge in [-0.05, 0) is 25.0 Å². The monoisotopic (exact) mass is 262 g/mol. The molecule has 1 atom stereocenters. The topological polar surface area (TPSA) is 41.6 Å². The molecule has 2 rings (SSSR count). The van der Waals surface area contributed by atoms with Gasteiger partial charge < -0.3 is 15.0 Å². The van der Waals surface area contributed by atoms with Crippen molar-refractivity contribution < 1.29 is 9.53 Å². The third kappa shape index (κ3) is 3.96. The fourth-order valence-corrected chi connectivity index (χ4v) is 2.52. The fraction of sp³-hybridized carbons (Fsp3) is 0.533. The van der Waals surface area contributed by atoms with Crippen LogP contribution >= 0.6 is 0 Å².